The minimum Gasteiger partial charge on any atom is -0.336 e. The first kappa shape index (κ1) is 13.9. The lowest BCUT2D eigenvalue weighted by Gasteiger charge is -2.30. The molecule has 1 aliphatic heterocycles. The van der Waals surface area contributed by atoms with Crippen LogP contribution >= 0.6 is 0 Å². The van der Waals surface area contributed by atoms with Crippen molar-refractivity contribution in [3.05, 3.63) is 35.6 Å². The average molecular weight is 268 g/mol. The molecule has 1 saturated heterocycles. The van der Waals surface area contributed by atoms with Gasteiger partial charge in [-0.05, 0) is 19.5 Å². The summed E-state index contributed by atoms with van der Waals surface area (Å²) < 4.78 is 28.1. The van der Waals surface area contributed by atoms with Crippen molar-refractivity contribution in [1.82, 2.24) is 10.2 Å². The molecule has 1 N–H and O–H groups in total. The lowest BCUT2D eigenvalue weighted by Crippen LogP contribution is -2.46. The molecule has 3 nitrogen and oxygen atoms in total. The minimum absolute atomic E-state index is 0.0279. The number of hydrogen-bond acceptors (Lipinski definition) is 2. The monoisotopic (exact) mass is 268 g/mol. The Bertz CT molecular complexity index is 472. The van der Waals surface area contributed by atoms with Gasteiger partial charge in [0.2, 0.25) is 5.67 Å². The largest absolute Gasteiger partial charge is 0.336 e. The molecule has 19 heavy (non-hydrogen) atoms. The van der Waals surface area contributed by atoms with E-state index in [1.165, 1.54) is 18.0 Å². The fourth-order valence-electron chi connectivity index (χ4n) is 2.36. The molecule has 5 heteroatoms. The van der Waals surface area contributed by atoms with Gasteiger partial charge in [-0.1, -0.05) is 18.2 Å². The molecule has 2 unspecified atom stereocenters. The number of nitrogens with one attached hydrogen (secondary N) is 1. The predicted molar refractivity (Wildman–Crippen MR) is 68.9 cm³/mol. The van der Waals surface area contributed by atoms with Crippen molar-refractivity contribution < 1.29 is 13.6 Å². The highest BCUT2D eigenvalue weighted by Crippen LogP contribution is 2.28. The Labute approximate surface area is 111 Å². The normalized spacial score (nSPS) is 24.2. The molecule has 0 aliphatic carbocycles. The number of nitrogens with zero attached hydrogens (tertiary/aromatic N) is 1. The molecular weight excluding hydrogens is 250 g/mol. The van der Waals surface area contributed by atoms with Crippen molar-refractivity contribution in [3.63, 3.8) is 0 Å². The number of halogens is 2. The second-order valence-corrected chi connectivity index (χ2v) is 5.01. The number of carbonyl (C=O) groups is 1. The van der Waals surface area contributed by atoms with Gasteiger partial charge in [-0.3, -0.25) is 4.79 Å². The van der Waals surface area contributed by atoms with Gasteiger partial charge in [-0.25, -0.2) is 8.78 Å². The number of amides is 1. The van der Waals surface area contributed by atoms with E-state index >= 15 is 0 Å². The third-order valence-corrected chi connectivity index (χ3v) is 3.74. The first-order valence-corrected chi connectivity index (χ1v) is 6.37. The van der Waals surface area contributed by atoms with Crippen molar-refractivity contribution in [1.29, 1.82) is 0 Å². The molecular formula is C14H18F2N2O. The van der Waals surface area contributed by atoms with E-state index in [1.54, 1.807) is 25.1 Å². The molecule has 1 heterocycles. The second-order valence-electron chi connectivity index (χ2n) is 5.01. The zero-order valence-corrected chi connectivity index (χ0v) is 11.1. The van der Waals surface area contributed by atoms with Crippen LogP contribution in [0.25, 0.3) is 0 Å². The van der Waals surface area contributed by atoms with Gasteiger partial charge in [-0.2, -0.15) is 0 Å². The fourth-order valence-corrected chi connectivity index (χ4v) is 2.36. The molecule has 0 spiro atoms. The number of rotatable bonds is 3. The zero-order chi connectivity index (χ0) is 14.0. The van der Waals surface area contributed by atoms with Crippen LogP contribution in [0.3, 0.4) is 0 Å². The highest BCUT2D eigenvalue weighted by molar-refractivity contribution is 5.86. The van der Waals surface area contributed by atoms with Crippen LogP contribution in [0.15, 0.2) is 24.3 Å². The molecule has 1 aliphatic rings. The number of carbonyl (C=O) groups excluding carboxylic acids is 1. The van der Waals surface area contributed by atoms with Crippen LogP contribution in [-0.4, -0.2) is 36.6 Å². The number of benzene rings is 1. The lowest BCUT2D eigenvalue weighted by molar-refractivity contribution is -0.143. The Kier molecular flexibility index (Phi) is 3.85. The summed E-state index contributed by atoms with van der Waals surface area (Å²) in [7, 11) is 1.51. The third-order valence-electron chi connectivity index (χ3n) is 3.74. The summed E-state index contributed by atoms with van der Waals surface area (Å²) in [6.45, 7) is 2.21. The minimum atomic E-state index is -1.87. The maximum atomic E-state index is 14.4. The van der Waals surface area contributed by atoms with Crippen LogP contribution in [-0.2, 0) is 4.79 Å². The zero-order valence-electron chi connectivity index (χ0n) is 11.1. The van der Waals surface area contributed by atoms with Crippen LogP contribution in [0.5, 0.6) is 0 Å². The molecule has 1 amide bonds. The van der Waals surface area contributed by atoms with Gasteiger partial charge in [0.1, 0.15) is 5.82 Å². The quantitative estimate of drug-likeness (QED) is 0.910. The van der Waals surface area contributed by atoms with Crippen LogP contribution in [0.1, 0.15) is 24.9 Å². The lowest BCUT2D eigenvalue weighted by atomic mass is 10.0. The molecule has 104 valence electrons. The van der Waals surface area contributed by atoms with Gasteiger partial charge in [0.05, 0.1) is 6.04 Å². The standard InChI is InChI=1S/C14H18F2N2O/c1-10(11-5-3-4-6-12(11)15)18(2)13(19)14(16)7-8-17-9-14/h3-6,10,17H,7-9H2,1-2H3. The van der Waals surface area contributed by atoms with Gasteiger partial charge in [-0.15, -0.1) is 0 Å². The smallest absolute Gasteiger partial charge is 0.261 e. The van der Waals surface area contributed by atoms with Gasteiger partial charge in [0.25, 0.3) is 5.91 Å². The van der Waals surface area contributed by atoms with E-state index in [9.17, 15) is 13.6 Å². The molecule has 0 saturated carbocycles. The molecule has 1 aromatic rings. The highest BCUT2D eigenvalue weighted by Gasteiger charge is 2.44. The fraction of sp³-hybridized carbons (Fsp3) is 0.500. The van der Waals surface area contributed by atoms with E-state index in [-0.39, 0.29) is 18.8 Å². The molecule has 1 aromatic carbocycles. The SMILES string of the molecule is CC(c1ccccc1F)N(C)C(=O)C1(F)CCNC1. The van der Waals surface area contributed by atoms with E-state index in [0.29, 0.717) is 12.1 Å². The summed E-state index contributed by atoms with van der Waals surface area (Å²) in [6, 6.07) is 5.75. The first-order valence-electron chi connectivity index (χ1n) is 6.37. The second kappa shape index (κ2) is 5.25. The van der Waals surface area contributed by atoms with Crippen molar-refractivity contribution in [2.45, 2.75) is 25.1 Å². The van der Waals surface area contributed by atoms with Crippen LogP contribution < -0.4 is 5.32 Å². The molecule has 1 fully saturated rings. The number of alkyl halides is 1. The molecule has 0 bridgehead atoms. The van der Waals surface area contributed by atoms with Gasteiger partial charge in [0, 0.05) is 25.6 Å². The van der Waals surface area contributed by atoms with Gasteiger partial charge >= 0.3 is 0 Å². The summed E-state index contributed by atoms with van der Waals surface area (Å²) in [5.74, 6) is -0.972. The Balaban J connectivity index is 2.17. The van der Waals surface area contributed by atoms with Crippen LogP contribution in [0, 0.1) is 5.82 Å². The van der Waals surface area contributed by atoms with Crippen molar-refractivity contribution in [2.24, 2.45) is 0 Å². The summed E-state index contributed by atoms with van der Waals surface area (Å²) in [6.07, 6.45) is 0.167. The molecule has 0 radical (unpaired) electrons. The van der Waals surface area contributed by atoms with E-state index in [4.69, 9.17) is 0 Å². The van der Waals surface area contributed by atoms with E-state index in [0.717, 1.165) is 0 Å². The van der Waals surface area contributed by atoms with Crippen molar-refractivity contribution in [2.75, 3.05) is 20.1 Å². The Hall–Kier alpha value is -1.49. The maximum absolute atomic E-state index is 14.4. The molecule has 2 rings (SSSR count). The summed E-state index contributed by atoms with van der Waals surface area (Å²) in [5.41, 5.74) is -1.47. The van der Waals surface area contributed by atoms with Crippen molar-refractivity contribution >= 4 is 5.91 Å². The number of hydrogen-bond donors (Lipinski definition) is 1. The summed E-state index contributed by atoms with van der Waals surface area (Å²) in [5, 5.41) is 2.84. The van der Waals surface area contributed by atoms with E-state index < -0.39 is 17.6 Å². The van der Waals surface area contributed by atoms with Gasteiger partial charge in [0.15, 0.2) is 0 Å². The van der Waals surface area contributed by atoms with Gasteiger partial charge < -0.3 is 10.2 Å². The Morgan fingerprint density at radius 3 is 2.74 bits per heavy atom. The van der Waals surface area contributed by atoms with Crippen molar-refractivity contribution in [3.8, 4) is 0 Å². The average Bonchev–Trinajstić information content (AvgIpc) is 2.85. The molecule has 2 atom stereocenters. The predicted octanol–water partition coefficient (Wildman–Crippen LogP) is 2.05. The van der Waals surface area contributed by atoms with E-state index in [1.807, 2.05) is 0 Å². The maximum Gasteiger partial charge on any atom is 0.261 e. The highest BCUT2D eigenvalue weighted by atomic mass is 19.1. The topological polar surface area (TPSA) is 32.3 Å². The summed E-state index contributed by atoms with van der Waals surface area (Å²) in [4.78, 5) is 13.5. The Morgan fingerprint density at radius 2 is 2.16 bits per heavy atom. The molecule has 0 aromatic heterocycles. The van der Waals surface area contributed by atoms with Crippen LogP contribution in [0.4, 0.5) is 8.78 Å². The van der Waals surface area contributed by atoms with E-state index in [2.05, 4.69) is 5.32 Å². The summed E-state index contributed by atoms with van der Waals surface area (Å²) >= 11 is 0. The van der Waals surface area contributed by atoms with Crippen LogP contribution in [0.2, 0.25) is 0 Å². The third kappa shape index (κ3) is 2.61. The Morgan fingerprint density at radius 1 is 1.47 bits per heavy atom. The first-order chi connectivity index (χ1) is 8.96.